The van der Waals surface area contributed by atoms with Crippen LogP contribution >= 0.6 is 0 Å². The Bertz CT molecular complexity index is 862. The van der Waals surface area contributed by atoms with E-state index in [2.05, 4.69) is 34.6 Å². The number of nitrogens with one attached hydrogen (secondary N) is 2. The number of ether oxygens (including phenoxy) is 1. The maximum absolute atomic E-state index is 12.5. The number of carbonyl (C=O) groups excluding carboxylic acids is 2. The van der Waals surface area contributed by atoms with Crippen LogP contribution in [0.4, 0.5) is 21.9 Å². The molecule has 1 fully saturated rings. The second-order valence-electron chi connectivity index (χ2n) is 8.87. The number of nitrogens with zero attached hydrogens (tertiary/aromatic N) is 1. The highest BCUT2D eigenvalue weighted by atomic mass is 16.6. The second-order valence-corrected chi connectivity index (χ2v) is 8.87. The Morgan fingerprint density at radius 3 is 2.00 bits per heavy atom. The molecule has 6 nitrogen and oxygen atoms in total. The maximum Gasteiger partial charge on any atom is 0.412 e. The van der Waals surface area contributed by atoms with Gasteiger partial charge in [-0.15, -0.1) is 0 Å². The summed E-state index contributed by atoms with van der Waals surface area (Å²) < 4.78 is 5.22. The van der Waals surface area contributed by atoms with Gasteiger partial charge in [0.1, 0.15) is 5.60 Å². The number of hydrogen-bond acceptors (Lipinski definition) is 4. The molecule has 0 unspecified atom stereocenters. The lowest BCUT2D eigenvalue weighted by Crippen LogP contribution is -2.32. The highest BCUT2D eigenvalue weighted by Crippen LogP contribution is 2.24. The summed E-state index contributed by atoms with van der Waals surface area (Å²) in [6.45, 7) is 9.88. The Kier molecular flexibility index (Phi) is 6.65. The van der Waals surface area contributed by atoms with E-state index in [1.807, 2.05) is 12.1 Å². The van der Waals surface area contributed by atoms with E-state index < -0.39 is 11.7 Å². The third-order valence-corrected chi connectivity index (χ3v) is 5.07. The minimum absolute atomic E-state index is 0.196. The molecule has 6 heteroatoms. The zero-order chi connectivity index (χ0) is 21.7. The van der Waals surface area contributed by atoms with Crippen LogP contribution in [0.3, 0.4) is 0 Å². The van der Waals surface area contributed by atoms with Gasteiger partial charge in [0.2, 0.25) is 0 Å². The van der Waals surface area contributed by atoms with Gasteiger partial charge in [-0.05, 0) is 88.1 Å². The Balaban J connectivity index is 1.55. The molecule has 1 saturated heterocycles. The summed E-state index contributed by atoms with van der Waals surface area (Å²) in [5.74, 6) is 0.601. The van der Waals surface area contributed by atoms with Gasteiger partial charge >= 0.3 is 6.09 Å². The lowest BCUT2D eigenvalue weighted by molar-refractivity contribution is 0.0636. The van der Waals surface area contributed by atoms with Gasteiger partial charge in [-0.3, -0.25) is 10.1 Å². The number of carbonyl (C=O) groups is 2. The fourth-order valence-corrected chi connectivity index (χ4v) is 3.35. The first-order valence-corrected chi connectivity index (χ1v) is 10.5. The van der Waals surface area contributed by atoms with Crippen LogP contribution in [0.25, 0.3) is 0 Å². The topological polar surface area (TPSA) is 70.7 Å². The highest BCUT2D eigenvalue weighted by Gasteiger charge is 2.17. The summed E-state index contributed by atoms with van der Waals surface area (Å²) in [5.41, 5.74) is 2.47. The van der Waals surface area contributed by atoms with Crippen molar-refractivity contribution in [3.8, 4) is 0 Å². The molecule has 2 aromatic carbocycles. The number of hydrogen-bond donors (Lipinski definition) is 2. The Labute approximate surface area is 178 Å². The molecule has 2 N–H and O–H groups in total. The van der Waals surface area contributed by atoms with Crippen molar-refractivity contribution in [1.29, 1.82) is 0 Å². The fraction of sp³-hybridized carbons (Fsp3) is 0.417. The Hall–Kier alpha value is -3.02. The molecule has 0 aliphatic carbocycles. The molecule has 0 bridgehead atoms. The van der Waals surface area contributed by atoms with Crippen molar-refractivity contribution in [3.63, 3.8) is 0 Å². The van der Waals surface area contributed by atoms with Crippen molar-refractivity contribution in [1.82, 2.24) is 0 Å². The van der Waals surface area contributed by atoms with E-state index in [1.165, 1.54) is 18.5 Å². The summed E-state index contributed by atoms with van der Waals surface area (Å²) in [7, 11) is 0. The number of rotatable bonds is 4. The van der Waals surface area contributed by atoms with Crippen LogP contribution in [-0.4, -0.2) is 30.7 Å². The molecule has 30 heavy (non-hydrogen) atoms. The van der Waals surface area contributed by atoms with Gasteiger partial charge in [0.25, 0.3) is 5.91 Å². The van der Waals surface area contributed by atoms with Gasteiger partial charge in [-0.2, -0.15) is 0 Å². The van der Waals surface area contributed by atoms with Crippen molar-refractivity contribution in [2.24, 2.45) is 5.92 Å². The first kappa shape index (κ1) is 21.7. The van der Waals surface area contributed by atoms with E-state index in [-0.39, 0.29) is 5.91 Å². The molecule has 0 saturated carbocycles. The van der Waals surface area contributed by atoms with Crippen LogP contribution in [-0.2, 0) is 4.74 Å². The SMILES string of the molecule is CC1CCN(c2ccc(NC(=O)c3ccc(NC(=O)OC(C)(C)C)cc3)cc2)CC1. The summed E-state index contributed by atoms with van der Waals surface area (Å²) in [5, 5.41) is 5.57. The van der Waals surface area contributed by atoms with E-state index in [9.17, 15) is 9.59 Å². The van der Waals surface area contributed by atoms with Gasteiger partial charge in [-0.25, -0.2) is 4.79 Å². The molecular formula is C24H31N3O3. The monoisotopic (exact) mass is 409 g/mol. The van der Waals surface area contributed by atoms with Crippen molar-refractivity contribution in [2.45, 2.75) is 46.1 Å². The van der Waals surface area contributed by atoms with E-state index in [1.54, 1.807) is 45.0 Å². The second kappa shape index (κ2) is 9.20. The number of amides is 2. The molecule has 0 atom stereocenters. The minimum Gasteiger partial charge on any atom is -0.444 e. The number of benzene rings is 2. The third kappa shape index (κ3) is 6.24. The van der Waals surface area contributed by atoms with Crippen LogP contribution in [0.1, 0.15) is 50.9 Å². The first-order chi connectivity index (χ1) is 14.2. The quantitative estimate of drug-likeness (QED) is 0.697. The Morgan fingerprint density at radius 1 is 0.900 bits per heavy atom. The van der Waals surface area contributed by atoms with E-state index in [0.29, 0.717) is 11.3 Å². The lowest BCUT2D eigenvalue weighted by atomic mass is 9.99. The summed E-state index contributed by atoms with van der Waals surface area (Å²) >= 11 is 0. The molecule has 0 radical (unpaired) electrons. The van der Waals surface area contributed by atoms with Crippen molar-refractivity contribution >= 4 is 29.1 Å². The van der Waals surface area contributed by atoms with Crippen molar-refractivity contribution in [3.05, 3.63) is 54.1 Å². The molecule has 1 aliphatic heterocycles. The molecule has 160 valence electrons. The van der Waals surface area contributed by atoms with Crippen LogP contribution in [0.2, 0.25) is 0 Å². The minimum atomic E-state index is -0.564. The molecule has 0 spiro atoms. The maximum atomic E-state index is 12.5. The average Bonchev–Trinajstić information content (AvgIpc) is 2.68. The molecule has 2 amide bonds. The molecule has 2 aromatic rings. The van der Waals surface area contributed by atoms with Gasteiger partial charge < -0.3 is 15.0 Å². The van der Waals surface area contributed by atoms with Crippen LogP contribution < -0.4 is 15.5 Å². The van der Waals surface area contributed by atoms with Crippen LogP contribution in [0.5, 0.6) is 0 Å². The standard InChI is InChI=1S/C24H31N3O3/c1-17-13-15-27(16-14-17)21-11-9-19(10-12-21)25-22(28)18-5-7-20(8-6-18)26-23(29)30-24(2,3)4/h5-12,17H,13-16H2,1-4H3,(H,25,28)(H,26,29). The zero-order valence-corrected chi connectivity index (χ0v) is 18.2. The number of anilines is 3. The molecular weight excluding hydrogens is 378 g/mol. The highest BCUT2D eigenvalue weighted by molar-refractivity contribution is 6.04. The van der Waals surface area contributed by atoms with Gasteiger partial charge in [0.15, 0.2) is 0 Å². The number of piperidine rings is 1. The molecule has 1 heterocycles. The fourth-order valence-electron chi connectivity index (χ4n) is 3.35. The summed E-state index contributed by atoms with van der Waals surface area (Å²) in [4.78, 5) is 26.7. The van der Waals surface area contributed by atoms with Crippen molar-refractivity contribution in [2.75, 3.05) is 28.6 Å². The first-order valence-electron chi connectivity index (χ1n) is 10.5. The normalized spacial score (nSPS) is 14.9. The smallest absolute Gasteiger partial charge is 0.412 e. The molecule has 0 aromatic heterocycles. The van der Waals surface area contributed by atoms with Gasteiger partial charge in [0.05, 0.1) is 0 Å². The van der Waals surface area contributed by atoms with E-state index in [0.717, 1.165) is 24.7 Å². The van der Waals surface area contributed by atoms with E-state index in [4.69, 9.17) is 4.74 Å². The van der Waals surface area contributed by atoms with Crippen molar-refractivity contribution < 1.29 is 14.3 Å². The Morgan fingerprint density at radius 2 is 1.43 bits per heavy atom. The van der Waals surface area contributed by atoms with E-state index >= 15 is 0 Å². The zero-order valence-electron chi connectivity index (χ0n) is 18.2. The average molecular weight is 410 g/mol. The third-order valence-electron chi connectivity index (χ3n) is 5.07. The predicted octanol–water partition coefficient (Wildman–Crippen LogP) is 5.52. The predicted molar refractivity (Wildman–Crippen MR) is 121 cm³/mol. The summed E-state index contributed by atoms with van der Waals surface area (Å²) in [6, 6.07) is 14.7. The largest absolute Gasteiger partial charge is 0.444 e. The van der Waals surface area contributed by atoms with Gasteiger partial charge in [0, 0.05) is 35.7 Å². The van der Waals surface area contributed by atoms with Crippen LogP contribution in [0, 0.1) is 5.92 Å². The summed E-state index contributed by atoms with van der Waals surface area (Å²) in [6.07, 6.45) is 1.91. The molecule has 1 aliphatic rings. The molecule has 3 rings (SSSR count). The lowest BCUT2D eigenvalue weighted by Gasteiger charge is -2.32. The van der Waals surface area contributed by atoms with Crippen LogP contribution in [0.15, 0.2) is 48.5 Å². The van der Waals surface area contributed by atoms with Gasteiger partial charge in [-0.1, -0.05) is 6.92 Å².